The van der Waals surface area contributed by atoms with Gasteiger partial charge >= 0.3 is 0 Å². The fourth-order valence-electron chi connectivity index (χ4n) is 3.31. The smallest absolute Gasteiger partial charge is 0.273 e. The van der Waals surface area contributed by atoms with Crippen molar-refractivity contribution < 1.29 is 17.7 Å². The molecule has 2 aliphatic rings. The van der Waals surface area contributed by atoms with Crippen molar-refractivity contribution in [3.8, 4) is 0 Å². The molecule has 26 heavy (non-hydrogen) atoms. The van der Waals surface area contributed by atoms with Gasteiger partial charge in [0, 0.05) is 24.6 Å². The zero-order chi connectivity index (χ0) is 18.1. The quantitative estimate of drug-likeness (QED) is 0.868. The average molecular weight is 373 g/mol. The number of fused-ring (bicyclic) bond motifs is 1. The number of sulfone groups is 1. The highest BCUT2D eigenvalue weighted by Crippen LogP contribution is 2.20. The van der Waals surface area contributed by atoms with E-state index < -0.39 is 21.8 Å². The summed E-state index contributed by atoms with van der Waals surface area (Å²) in [7, 11) is -3.21. The third-order valence-corrected chi connectivity index (χ3v) is 6.02. The van der Waals surface area contributed by atoms with Gasteiger partial charge in [-0.3, -0.25) is 9.69 Å². The lowest BCUT2D eigenvalue weighted by atomic mass is 10.00. The number of benzene rings is 1. The van der Waals surface area contributed by atoms with E-state index in [1.54, 1.807) is 6.07 Å². The van der Waals surface area contributed by atoms with Crippen molar-refractivity contribution in [2.45, 2.75) is 25.6 Å². The molecule has 0 saturated heterocycles. The van der Waals surface area contributed by atoms with Crippen LogP contribution >= 0.6 is 0 Å². The first-order chi connectivity index (χ1) is 12.5. The first-order valence-corrected chi connectivity index (χ1v) is 10.2. The molecule has 0 aliphatic carbocycles. The van der Waals surface area contributed by atoms with Crippen LogP contribution in [-0.2, 0) is 29.3 Å². The van der Waals surface area contributed by atoms with Gasteiger partial charge in [-0.05, 0) is 23.6 Å². The Balaban J connectivity index is 1.36. The molecule has 4 rings (SSSR count). The van der Waals surface area contributed by atoms with Gasteiger partial charge in [0.15, 0.2) is 21.3 Å². The van der Waals surface area contributed by atoms with Gasteiger partial charge in [0.25, 0.3) is 5.91 Å². The zero-order valence-corrected chi connectivity index (χ0v) is 14.9. The van der Waals surface area contributed by atoms with Crippen LogP contribution in [0.25, 0.3) is 0 Å². The van der Waals surface area contributed by atoms with Crippen molar-refractivity contribution >= 4 is 15.7 Å². The van der Waals surface area contributed by atoms with E-state index in [4.69, 9.17) is 4.52 Å². The SMILES string of the molecule is O=C(NC1C=CS(=O)(=O)C1)c1cc(CN2CCc3ccccc3C2)on1. The Hall–Kier alpha value is -2.45. The Morgan fingerprint density at radius 3 is 2.88 bits per heavy atom. The molecule has 0 radical (unpaired) electrons. The number of rotatable bonds is 4. The molecule has 0 fully saturated rings. The van der Waals surface area contributed by atoms with E-state index >= 15 is 0 Å². The van der Waals surface area contributed by atoms with E-state index in [1.807, 2.05) is 6.07 Å². The van der Waals surface area contributed by atoms with E-state index in [0.29, 0.717) is 12.3 Å². The van der Waals surface area contributed by atoms with Crippen LogP contribution in [-0.4, -0.2) is 42.7 Å². The van der Waals surface area contributed by atoms with Gasteiger partial charge in [0.05, 0.1) is 18.3 Å². The van der Waals surface area contributed by atoms with Gasteiger partial charge in [-0.2, -0.15) is 0 Å². The van der Waals surface area contributed by atoms with Crippen LogP contribution in [0.5, 0.6) is 0 Å². The van der Waals surface area contributed by atoms with Crippen LogP contribution in [0.15, 0.2) is 46.3 Å². The zero-order valence-electron chi connectivity index (χ0n) is 14.1. The summed E-state index contributed by atoms with van der Waals surface area (Å²) in [5.74, 6) is 0.0660. The molecule has 1 unspecified atom stereocenters. The molecule has 3 heterocycles. The fraction of sp³-hybridized carbons (Fsp3) is 0.333. The molecule has 0 spiro atoms. The van der Waals surface area contributed by atoms with Gasteiger partial charge in [-0.25, -0.2) is 8.42 Å². The predicted molar refractivity (Wildman–Crippen MR) is 94.9 cm³/mol. The highest BCUT2D eigenvalue weighted by Gasteiger charge is 2.25. The molecule has 2 aliphatic heterocycles. The predicted octanol–water partition coefficient (Wildman–Crippen LogP) is 1.27. The highest BCUT2D eigenvalue weighted by molar-refractivity contribution is 7.94. The van der Waals surface area contributed by atoms with Gasteiger partial charge < -0.3 is 9.84 Å². The summed E-state index contributed by atoms with van der Waals surface area (Å²) in [5, 5.41) is 7.58. The molecule has 2 aromatic rings. The van der Waals surface area contributed by atoms with Gasteiger partial charge in [-0.15, -0.1) is 0 Å². The maximum absolute atomic E-state index is 12.2. The maximum Gasteiger partial charge on any atom is 0.273 e. The van der Waals surface area contributed by atoms with E-state index in [1.165, 1.54) is 17.2 Å². The van der Waals surface area contributed by atoms with Gasteiger partial charge in [0.1, 0.15) is 0 Å². The Morgan fingerprint density at radius 1 is 1.31 bits per heavy atom. The van der Waals surface area contributed by atoms with Crippen molar-refractivity contribution in [2.75, 3.05) is 12.3 Å². The second-order valence-electron chi connectivity index (χ2n) is 6.65. The number of carbonyl (C=O) groups is 1. The van der Waals surface area contributed by atoms with Crippen LogP contribution in [0.4, 0.5) is 0 Å². The van der Waals surface area contributed by atoms with E-state index in [9.17, 15) is 13.2 Å². The molecule has 1 N–H and O–H groups in total. The van der Waals surface area contributed by atoms with Crippen LogP contribution in [0.3, 0.4) is 0 Å². The minimum atomic E-state index is -3.21. The summed E-state index contributed by atoms with van der Waals surface area (Å²) in [5.41, 5.74) is 2.85. The molecule has 0 bridgehead atoms. The van der Waals surface area contributed by atoms with Crippen LogP contribution in [0, 0.1) is 0 Å². The fourth-order valence-corrected chi connectivity index (χ4v) is 4.55. The van der Waals surface area contributed by atoms with Gasteiger partial charge in [-0.1, -0.05) is 29.4 Å². The van der Waals surface area contributed by atoms with Crippen molar-refractivity contribution in [3.63, 3.8) is 0 Å². The number of amides is 1. The molecule has 7 nitrogen and oxygen atoms in total. The van der Waals surface area contributed by atoms with E-state index in [2.05, 4.69) is 33.6 Å². The topological polar surface area (TPSA) is 92.5 Å². The largest absolute Gasteiger partial charge is 0.359 e. The minimum absolute atomic E-state index is 0.114. The van der Waals surface area contributed by atoms with Gasteiger partial charge in [0.2, 0.25) is 0 Å². The summed E-state index contributed by atoms with van der Waals surface area (Å²) in [6.07, 6.45) is 2.46. The van der Waals surface area contributed by atoms with E-state index in [-0.39, 0.29) is 11.4 Å². The molecule has 136 valence electrons. The standard InChI is InChI=1S/C18H19N3O4S/c22-18(19-15-6-8-26(23,24)12-15)17-9-16(25-20-17)11-21-7-5-13-3-1-2-4-14(13)10-21/h1-4,6,8-9,15H,5,7,10-12H2,(H,19,22). The van der Waals surface area contributed by atoms with Crippen LogP contribution < -0.4 is 5.32 Å². The molecule has 1 aromatic carbocycles. The second-order valence-corrected chi connectivity index (χ2v) is 8.58. The summed E-state index contributed by atoms with van der Waals surface area (Å²) in [6, 6.07) is 9.47. The first kappa shape index (κ1) is 17.0. The Kier molecular flexibility index (Phi) is 4.37. The molecule has 1 atom stereocenters. The Morgan fingerprint density at radius 2 is 2.12 bits per heavy atom. The third kappa shape index (κ3) is 3.71. The minimum Gasteiger partial charge on any atom is -0.359 e. The second kappa shape index (κ2) is 6.69. The normalized spacial score (nSPS) is 21.5. The molecular formula is C18H19N3O4S. The third-order valence-electron chi connectivity index (χ3n) is 4.63. The van der Waals surface area contributed by atoms with Crippen LogP contribution in [0.1, 0.15) is 27.4 Å². The number of hydrogen-bond acceptors (Lipinski definition) is 6. The van der Waals surface area contributed by atoms with Crippen LogP contribution in [0.2, 0.25) is 0 Å². The molecule has 0 saturated carbocycles. The molecular weight excluding hydrogens is 354 g/mol. The van der Waals surface area contributed by atoms with Crippen molar-refractivity contribution in [1.29, 1.82) is 0 Å². The lowest BCUT2D eigenvalue weighted by molar-refractivity contribution is 0.0938. The average Bonchev–Trinajstić information content (AvgIpc) is 3.21. The maximum atomic E-state index is 12.2. The summed E-state index contributed by atoms with van der Waals surface area (Å²) >= 11 is 0. The lowest BCUT2D eigenvalue weighted by Gasteiger charge is -2.27. The van der Waals surface area contributed by atoms with E-state index in [0.717, 1.165) is 24.9 Å². The molecule has 8 heteroatoms. The van der Waals surface area contributed by atoms with Crippen molar-refractivity contribution in [1.82, 2.24) is 15.4 Å². The molecule has 1 aromatic heterocycles. The number of carbonyl (C=O) groups excluding carboxylic acids is 1. The first-order valence-electron chi connectivity index (χ1n) is 8.45. The number of nitrogens with zero attached hydrogens (tertiary/aromatic N) is 2. The summed E-state index contributed by atoms with van der Waals surface area (Å²) < 4.78 is 28.1. The lowest BCUT2D eigenvalue weighted by Crippen LogP contribution is -2.35. The molecule has 1 amide bonds. The number of nitrogens with one attached hydrogen (secondary N) is 1. The number of hydrogen-bond donors (Lipinski definition) is 1. The number of aromatic nitrogens is 1. The Bertz CT molecular complexity index is 964. The van der Waals surface area contributed by atoms with Crippen molar-refractivity contribution in [2.24, 2.45) is 0 Å². The summed E-state index contributed by atoms with van der Waals surface area (Å²) in [4.78, 5) is 14.5. The Labute approximate surface area is 151 Å². The highest BCUT2D eigenvalue weighted by atomic mass is 32.2. The summed E-state index contributed by atoms with van der Waals surface area (Å²) in [6.45, 7) is 2.33. The van der Waals surface area contributed by atoms with Crippen molar-refractivity contribution in [3.05, 3.63) is 64.4 Å². The monoisotopic (exact) mass is 373 g/mol.